The van der Waals surface area contributed by atoms with Gasteiger partial charge in [-0.25, -0.2) is 0 Å². The third-order valence-electron chi connectivity index (χ3n) is 4.49. The second kappa shape index (κ2) is 9.08. The highest BCUT2D eigenvalue weighted by Crippen LogP contribution is 2.36. The maximum Gasteiger partial charge on any atom is 0.265 e. The van der Waals surface area contributed by atoms with Crippen LogP contribution in [-0.4, -0.2) is 40.8 Å². The first-order valence-electron chi connectivity index (χ1n) is 8.66. The highest BCUT2D eigenvalue weighted by Gasteiger charge is 2.35. The van der Waals surface area contributed by atoms with Gasteiger partial charge in [0.25, 0.3) is 11.8 Å². The Morgan fingerprint density at radius 3 is 2.23 bits per heavy atom. The molecule has 6 nitrogen and oxygen atoms in total. The van der Waals surface area contributed by atoms with Crippen molar-refractivity contribution >= 4 is 67.1 Å². The van der Waals surface area contributed by atoms with Crippen molar-refractivity contribution < 1.29 is 14.3 Å². The van der Waals surface area contributed by atoms with E-state index in [1.165, 1.54) is 30.0 Å². The topological polar surface area (TPSA) is 73.6 Å². The van der Waals surface area contributed by atoms with Crippen LogP contribution in [0.1, 0.15) is 16.7 Å². The van der Waals surface area contributed by atoms with Crippen LogP contribution >= 0.6 is 44.1 Å². The van der Waals surface area contributed by atoms with E-state index in [1.807, 2.05) is 12.1 Å². The molecule has 1 aliphatic rings. The normalized spacial score (nSPS) is 14.1. The Morgan fingerprint density at radius 1 is 1.10 bits per heavy atom. The lowest BCUT2D eigenvalue weighted by Gasteiger charge is -2.31. The molecule has 0 atom stereocenters. The van der Waals surface area contributed by atoms with E-state index >= 15 is 0 Å². The lowest BCUT2D eigenvalue weighted by atomic mass is 10.1. The van der Waals surface area contributed by atoms with Gasteiger partial charge < -0.3 is 4.74 Å². The van der Waals surface area contributed by atoms with Crippen LogP contribution in [0.2, 0.25) is 0 Å². The Balaban J connectivity index is 1.89. The number of nitriles is 1. The van der Waals surface area contributed by atoms with Crippen LogP contribution in [0.15, 0.2) is 50.9 Å². The van der Waals surface area contributed by atoms with E-state index in [2.05, 4.69) is 37.9 Å². The zero-order valence-corrected chi connectivity index (χ0v) is 20.0. The second-order valence-electron chi connectivity index (χ2n) is 6.44. The summed E-state index contributed by atoms with van der Waals surface area (Å²) < 4.78 is 7.16. The molecule has 30 heavy (non-hydrogen) atoms. The zero-order chi connectivity index (χ0) is 22.0. The van der Waals surface area contributed by atoms with Crippen molar-refractivity contribution in [2.24, 2.45) is 0 Å². The summed E-state index contributed by atoms with van der Waals surface area (Å²) in [5, 5.41) is 9.37. The largest absolute Gasteiger partial charge is 0.486 e. The third-order valence-corrected chi connectivity index (χ3v) is 6.21. The molecule has 0 radical (unpaired) electrons. The molecule has 3 rings (SSSR count). The summed E-state index contributed by atoms with van der Waals surface area (Å²) >= 11 is 12.0. The highest BCUT2D eigenvalue weighted by molar-refractivity contribution is 9.11. The van der Waals surface area contributed by atoms with E-state index in [4.69, 9.17) is 17.0 Å². The van der Waals surface area contributed by atoms with Gasteiger partial charge in [0.2, 0.25) is 0 Å². The fourth-order valence-electron chi connectivity index (χ4n) is 2.85. The van der Waals surface area contributed by atoms with Gasteiger partial charge >= 0.3 is 0 Å². The molecule has 0 N–H and O–H groups in total. The molecular formula is C21H15Br2N3O3S. The van der Waals surface area contributed by atoms with Crippen LogP contribution in [0.4, 0.5) is 0 Å². The number of thiocarbonyl (C=S) groups is 1. The molecule has 2 aromatic carbocycles. The van der Waals surface area contributed by atoms with Gasteiger partial charge in [-0.05, 0) is 73.9 Å². The van der Waals surface area contributed by atoms with E-state index < -0.39 is 11.8 Å². The Morgan fingerprint density at radius 2 is 1.67 bits per heavy atom. The quantitative estimate of drug-likeness (QED) is 0.324. The van der Waals surface area contributed by atoms with Crippen molar-refractivity contribution in [3.63, 3.8) is 0 Å². The minimum absolute atomic E-state index is 0.0176. The second-order valence-corrected chi connectivity index (χ2v) is 8.51. The van der Waals surface area contributed by atoms with Crippen LogP contribution in [0.3, 0.4) is 0 Å². The number of halogens is 2. The highest BCUT2D eigenvalue weighted by atomic mass is 79.9. The number of benzene rings is 2. The molecular weight excluding hydrogens is 534 g/mol. The number of hydrogen-bond donors (Lipinski definition) is 0. The lowest BCUT2D eigenvalue weighted by molar-refractivity contribution is -0.132. The van der Waals surface area contributed by atoms with Crippen molar-refractivity contribution in [1.82, 2.24) is 9.80 Å². The molecule has 0 saturated carbocycles. The van der Waals surface area contributed by atoms with Crippen molar-refractivity contribution in [3.8, 4) is 11.8 Å². The molecule has 1 aliphatic heterocycles. The molecule has 0 bridgehead atoms. The number of ether oxygens (including phenoxy) is 1. The maximum atomic E-state index is 12.5. The summed E-state index contributed by atoms with van der Waals surface area (Å²) in [5.41, 5.74) is 1.96. The number of carbonyl (C=O) groups excluding carboxylic acids is 2. The standard InChI is InChI=1S/C21H15Br2N3O3S/c1-25-19(27)15(20(28)26(2)21(25)30)7-12-8-16(22)18(17(23)9-12)29-11-14-6-4-3-5-13(14)10-24/h3-9H,11H2,1-2H3. The minimum Gasteiger partial charge on any atom is -0.486 e. The first-order chi connectivity index (χ1) is 14.2. The predicted octanol–water partition coefficient (Wildman–Crippen LogP) is 4.26. The van der Waals surface area contributed by atoms with E-state index in [1.54, 1.807) is 24.3 Å². The summed E-state index contributed by atoms with van der Waals surface area (Å²) in [5.74, 6) is -0.367. The average molecular weight is 549 g/mol. The minimum atomic E-state index is -0.455. The van der Waals surface area contributed by atoms with Crippen molar-refractivity contribution in [2.45, 2.75) is 6.61 Å². The predicted molar refractivity (Wildman–Crippen MR) is 123 cm³/mol. The summed E-state index contributed by atoms with van der Waals surface area (Å²) in [6, 6.07) is 12.8. The maximum absolute atomic E-state index is 12.5. The molecule has 2 amide bonds. The first-order valence-corrected chi connectivity index (χ1v) is 10.7. The summed E-state index contributed by atoms with van der Waals surface area (Å²) in [4.78, 5) is 27.5. The van der Waals surface area contributed by atoms with Gasteiger partial charge in [-0.15, -0.1) is 0 Å². The first kappa shape index (κ1) is 22.2. The van der Waals surface area contributed by atoms with Crippen LogP contribution in [-0.2, 0) is 16.2 Å². The van der Waals surface area contributed by atoms with Gasteiger partial charge in [-0.3, -0.25) is 19.4 Å². The Kier molecular flexibility index (Phi) is 6.71. The van der Waals surface area contributed by atoms with Gasteiger partial charge in [-0.2, -0.15) is 5.26 Å². The molecule has 0 unspecified atom stereocenters. The fourth-order valence-corrected chi connectivity index (χ4v) is 4.46. The van der Waals surface area contributed by atoms with Gasteiger partial charge in [-0.1, -0.05) is 18.2 Å². The van der Waals surface area contributed by atoms with Crippen LogP contribution in [0.25, 0.3) is 6.08 Å². The molecule has 1 saturated heterocycles. The van der Waals surface area contributed by atoms with Crippen LogP contribution < -0.4 is 4.74 Å². The molecule has 2 aromatic rings. The van der Waals surface area contributed by atoms with E-state index in [9.17, 15) is 14.9 Å². The number of amides is 2. The van der Waals surface area contributed by atoms with Gasteiger partial charge in [0.15, 0.2) is 5.11 Å². The number of hydrogen-bond acceptors (Lipinski definition) is 5. The monoisotopic (exact) mass is 547 g/mol. The number of nitrogens with zero attached hydrogens (tertiary/aromatic N) is 3. The van der Waals surface area contributed by atoms with E-state index in [0.717, 1.165) is 5.56 Å². The summed E-state index contributed by atoms with van der Waals surface area (Å²) in [6.07, 6.45) is 1.52. The van der Waals surface area contributed by atoms with Gasteiger partial charge in [0, 0.05) is 19.7 Å². The number of rotatable bonds is 4. The molecule has 1 heterocycles. The Bertz CT molecular complexity index is 1090. The van der Waals surface area contributed by atoms with Crippen molar-refractivity contribution in [3.05, 3.63) is 67.6 Å². The molecule has 9 heteroatoms. The third kappa shape index (κ3) is 4.31. The average Bonchev–Trinajstić information content (AvgIpc) is 2.73. The number of carbonyl (C=O) groups is 2. The van der Waals surface area contributed by atoms with Crippen molar-refractivity contribution in [2.75, 3.05) is 14.1 Å². The molecule has 1 fully saturated rings. The Hall–Kier alpha value is -2.54. The Labute approximate surface area is 196 Å². The zero-order valence-electron chi connectivity index (χ0n) is 16.0. The van der Waals surface area contributed by atoms with E-state index in [0.29, 0.717) is 25.8 Å². The summed E-state index contributed by atoms with van der Waals surface area (Å²) in [7, 11) is 3.06. The van der Waals surface area contributed by atoms with Gasteiger partial charge in [0.05, 0.1) is 20.6 Å². The van der Waals surface area contributed by atoms with Crippen LogP contribution in [0, 0.1) is 11.3 Å². The summed E-state index contributed by atoms with van der Waals surface area (Å²) in [6.45, 7) is 0.214. The molecule has 0 spiro atoms. The molecule has 152 valence electrons. The SMILES string of the molecule is CN1C(=O)C(=Cc2cc(Br)c(OCc3ccccc3C#N)c(Br)c2)C(=O)N(C)C1=S. The van der Waals surface area contributed by atoms with Gasteiger partial charge in [0.1, 0.15) is 17.9 Å². The number of likely N-dealkylation sites (N-methyl/N-ethyl adjacent to an activating group) is 2. The van der Waals surface area contributed by atoms with E-state index in [-0.39, 0.29) is 17.3 Å². The van der Waals surface area contributed by atoms with Crippen molar-refractivity contribution in [1.29, 1.82) is 5.26 Å². The molecule has 0 aromatic heterocycles. The lowest BCUT2D eigenvalue weighted by Crippen LogP contribution is -2.52. The smallest absolute Gasteiger partial charge is 0.265 e. The fraction of sp³-hybridized carbons (Fsp3) is 0.143. The van der Waals surface area contributed by atoms with Crippen LogP contribution in [0.5, 0.6) is 5.75 Å². The molecule has 0 aliphatic carbocycles.